The highest BCUT2D eigenvalue weighted by atomic mass is 35.5. The molecule has 0 fully saturated rings. The number of sulfonamides is 1. The van der Waals surface area contributed by atoms with Crippen LogP contribution in [0.25, 0.3) is 10.2 Å². The molecule has 0 amide bonds. The van der Waals surface area contributed by atoms with Crippen LogP contribution >= 0.6 is 34.5 Å². The van der Waals surface area contributed by atoms with Crippen LogP contribution in [0, 0.1) is 6.92 Å². The predicted octanol–water partition coefficient (Wildman–Crippen LogP) is 4.71. The van der Waals surface area contributed by atoms with Gasteiger partial charge in [0.2, 0.25) is 0 Å². The van der Waals surface area contributed by atoms with E-state index >= 15 is 0 Å². The molecule has 3 rings (SSSR count). The topological polar surface area (TPSA) is 59.1 Å². The van der Waals surface area contributed by atoms with Crippen LogP contribution in [0.1, 0.15) is 5.56 Å². The summed E-state index contributed by atoms with van der Waals surface area (Å²) in [5.74, 6) is 0. The molecule has 0 spiro atoms. The smallest absolute Gasteiger partial charge is 0.262 e. The number of thiazole rings is 1. The van der Waals surface area contributed by atoms with Crippen molar-refractivity contribution in [1.29, 1.82) is 0 Å². The number of fused-ring (bicyclic) bond motifs is 1. The van der Waals surface area contributed by atoms with Crippen molar-refractivity contribution in [3.8, 4) is 0 Å². The minimum Gasteiger partial charge on any atom is -0.280 e. The van der Waals surface area contributed by atoms with Crippen LogP contribution in [0.2, 0.25) is 9.49 Å². The van der Waals surface area contributed by atoms with Crippen LogP contribution in [-0.4, -0.2) is 13.4 Å². The quantitative estimate of drug-likeness (QED) is 0.723. The third-order valence-corrected chi connectivity index (χ3v) is 6.18. The molecule has 0 bridgehead atoms. The van der Waals surface area contributed by atoms with Crippen LogP contribution in [0.5, 0.6) is 0 Å². The van der Waals surface area contributed by atoms with Crippen LogP contribution in [-0.2, 0) is 10.0 Å². The fourth-order valence-electron chi connectivity index (χ4n) is 2.05. The lowest BCUT2D eigenvalue weighted by atomic mass is 10.2. The van der Waals surface area contributed by atoms with Crippen molar-refractivity contribution in [3.63, 3.8) is 0 Å². The van der Waals surface area contributed by atoms with Gasteiger partial charge in [0.15, 0.2) is 4.47 Å². The summed E-state index contributed by atoms with van der Waals surface area (Å²) in [4.78, 5) is 4.28. The zero-order valence-electron chi connectivity index (χ0n) is 11.3. The molecule has 0 radical (unpaired) electrons. The molecule has 2 aromatic carbocycles. The fourth-order valence-corrected chi connectivity index (χ4v) is 4.67. The number of nitrogens with one attached hydrogen (secondary N) is 1. The van der Waals surface area contributed by atoms with Gasteiger partial charge in [-0.15, -0.1) is 11.3 Å². The first-order valence-corrected chi connectivity index (χ1v) is 9.26. The van der Waals surface area contributed by atoms with E-state index in [1.54, 1.807) is 37.3 Å². The number of benzene rings is 2. The second kappa shape index (κ2) is 5.70. The Morgan fingerprint density at radius 3 is 2.73 bits per heavy atom. The van der Waals surface area contributed by atoms with Gasteiger partial charge < -0.3 is 0 Å². The molecule has 0 atom stereocenters. The van der Waals surface area contributed by atoms with Crippen molar-refractivity contribution in [2.45, 2.75) is 11.8 Å². The lowest BCUT2D eigenvalue weighted by Gasteiger charge is -2.11. The summed E-state index contributed by atoms with van der Waals surface area (Å²) in [5, 5.41) is 0.410. The maximum Gasteiger partial charge on any atom is 0.262 e. The Bertz CT molecular complexity index is 968. The van der Waals surface area contributed by atoms with E-state index in [0.29, 0.717) is 20.7 Å². The van der Waals surface area contributed by atoms with Gasteiger partial charge in [0.1, 0.15) is 0 Å². The minimum atomic E-state index is -3.71. The van der Waals surface area contributed by atoms with Gasteiger partial charge in [0, 0.05) is 5.02 Å². The highest BCUT2D eigenvalue weighted by molar-refractivity contribution is 7.92. The summed E-state index contributed by atoms with van der Waals surface area (Å²) in [5.41, 5.74) is 1.70. The third kappa shape index (κ3) is 2.92. The van der Waals surface area contributed by atoms with Gasteiger partial charge in [0.25, 0.3) is 10.0 Å². The SMILES string of the molecule is Cc1c(Cl)cccc1S(=O)(=O)Nc1ccc2nc(Cl)sc2c1. The summed E-state index contributed by atoms with van der Waals surface area (Å²) in [6.07, 6.45) is 0. The van der Waals surface area contributed by atoms with Crippen LogP contribution in [0.4, 0.5) is 5.69 Å². The average Bonchev–Trinajstić information content (AvgIpc) is 2.80. The molecule has 1 heterocycles. The number of hydrogen-bond donors (Lipinski definition) is 1. The van der Waals surface area contributed by atoms with Gasteiger partial charge in [-0.25, -0.2) is 13.4 Å². The molecule has 114 valence electrons. The number of rotatable bonds is 3. The van der Waals surface area contributed by atoms with Crippen LogP contribution in [0.3, 0.4) is 0 Å². The molecular formula is C14H10Cl2N2O2S2. The van der Waals surface area contributed by atoms with E-state index in [1.165, 1.54) is 17.4 Å². The zero-order chi connectivity index (χ0) is 15.9. The Labute approximate surface area is 141 Å². The Balaban J connectivity index is 2.00. The lowest BCUT2D eigenvalue weighted by molar-refractivity contribution is 0.600. The van der Waals surface area contributed by atoms with E-state index in [4.69, 9.17) is 23.2 Å². The Kier molecular flexibility index (Phi) is 4.03. The third-order valence-electron chi connectivity index (χ3n) is 3.12. The van der Waals surface area contributed by atoms with E-state index < -0.39 is 10.0 Å². The molecule has 0 unspecified atom stereocenters. The first-order valence-electron chi connectivity index (χ1n) is 6.21. The Morgan fingerprint density at radius 2 is 1.95 bits per heavy atom. The molecular weight excluding hydrogens is 363 g/mol. The molecule has 0 aliphatic rings. The Hall–Kier alpha value is -1.34. The normalized spacial score (nSPS) is 11.8. The van der Waals surface area contributed by atoms with Crippen molar-refractivity contribution in [3.05, 3.63) is 51.5 Å². The molecule has 8 heteroatoms. The van der Waals surface area contributed by atoms with Crippen LogP contribution < -0.4 is 4.72 Å². The lowest BCUT2D eigenvalue weighted by Crippen LogP contribution is -2.14. The maximum atomic E-state index is 12.5. The summed E-state index contributed by atoms with van der Waals surface area (Å²) in [6.45, 7) is 1.67. The molecule has 4 nitrogen and oxygen atoms in total. The van der Waals surface area contributed by atoms with E-state index in [1.807, 2.05) is 0 Å². The maximum absolute atomic E-state index is 12.5. The van der Waals surface area contributed by atoms with Crippen molar-refractivity contribution < 1.29 is 8.42 Å². The molecule has 1 aromatic heterocycles. The molecule has 3 aromatic rings. The first-order chi connectivity index (χ1) is 10.4. The van der Waals surface area contributed by atoms with Gasteiger partial charge >= 0.3 is 0 Å². The van der Waals surface area contributed by atoms with Crippen molar-refractivity contribution in [2.75, 3.05) is 4.72 Å². The largest absolute Gasteiger partial charge is 0.280 e. The van der Waals surface area contributed by atoms with Gasteiger partial charge in [-0.1, -0.05) is 29.3 Å². The van der Waals surface area contributed by atoms with Gasteiger partial charge in [0.05, 0.1) is 20.8 Å². The monoisotopic (exact) mass is 372 g/mol. The van der Waals surface area contributed by atoms with Crippen molar-refractivity contribution in [2.24, 2.45) is 0 Å². The highest BCUT2D eigenvalue weighted by Crippen LogP contribution is 2.30. The van der Waals surface area contributed by atoms with E-state index in [0.717, 1.165) is 10.2 Å². The number of nitrogens with zero attached hydrogens (tertiary/aromatic N) is 1. The zero-order valence-corrected chi connectivity index (χ0v) is 14.4. The molecule has 1 N–H and O–H groups in total. The summed E-state index contributed by atoms with van der Waals surface area (Å²) < 4.78 is 28.8. The minimum absolute atomic E-state index is 0.155. The van der Waals surface area contributed by atoms with E-state index in [-0.39, 0.29) is 4.90 Å². The molecule has 0 saturated carbocycles. The highest BCUT2D eigenvalue weighted by Gasteiger charge is 2.18. The standard InChI is InChI=1S/C14H10Cl2N2O2S2/c1-8-10(15)3-2-4-13(8)22(19,20)18-9-5-6-11-12(7-9)21-14(16)17-11/h2-7,18H,1H3. The average molecular weight is 373 g/mol. The fraction of sp³-hybridized carbons (Fsp3) is 0.0714. The Morgan fingerprint density at radius 1 is 1.18 bits per heavy atom. The number of halogens is 2. The summed E-state index contributed by atoms with van der Waals surface area (Å²) in [6, 6.07) is 9.86. The first kappa shape index (κ1) is 15.6. The van der Waals surface area contributed by atoms with Crippen LogP contribution in [0.15, 0.2) is 41.3 Å². The summed E-state index contributed by atoms with van der Waals surface area (Å²) in [7, 11) is -3.71. The van der Waals surface area contributed by atoms with E-state index in [2.05, 4.69) is 9.71 Å². The second-order valence-electron chi connectivity index (χ2n) is 4.62. The molecule has 0 aliphatic heterocycles. The summed E-state index contributed by atoms with van der Waals surface area (Å²) >= 11 is 13.1. The van der Waals surface area contributed by atoms with Gasteiger partial charge in [-0.05, 0) is 42.8 Å². The van der Waals surface area contributed by atoms with E-state index in [9.17, 15) is 8.42 Å². The number of aromatic nitrogens is 1. The number of hydrogen-bond acceptors (Lipinski definition) is 4. The second-order valence-corrected chi connectivity index (χ2v) is 8.29. The number of anilines is 1. The molecule has 0 aliphatic carbocycles. The van der Waals surface area contributed by atoms with Gasteiger partial charge in [-0.2, -0.15) is 0 Å². The van der Waals surface area contributed by atoms with Gasteiger partial charge in [-0.3, -0.25) is 4.72 Å². The van der Waals surface area contributed by atoms with Crippen molar-refractivity contribution in [1.82, 2.24) is 4.98 Å². The van der Waals surface area contributed by atoms with Crippen molar-refractivity contribution >= 4 is 60.5 Å². The molecule has 0 saturated heterocycles. The molecule has 22 heavy (non-hydrogen) atoms. The predicted molar refractivity (Wildman–Crippen MR) is 91.6 cm³/mol.